The number of guanidine groups is 1. The van der Waals surface area contributed by atoms with Gasteiger partial charge in [0.2, 0.25) is 5.96 Å². The van der Waals surface area contributed by atoms with Gasteiger partial charge in [-0.3, -0.25) is 4.79 Å². The molecule has 2 rings (SSSR count). The van der Waals surface area contributed by atoms with E-state index in [2.05, 4.69) is 11.7 Å². The van der Waals surface area contributed by atoms with Crippen LogP contribution in [0.2, 0.25) is 5.02 Å². The summed E-state index contributed by atoms with van der Waals surface area (Å²) in [6, 6.07) is 8.91. The Hall–Kier alpha value is -2.71. The number of nitrogens with zero attached hydrogens (tertiary/aromatic N) is 2. The Balaban J connectivity index is 2.00. The minimum absolute atomic E-state index is 0.134. The quantitative estimate of drug-likeness (QED) is 0.190. The molecular weight excluding hydrogens is 400 g/mol. The van der Waals surface area contributed by atoms with Crippen LogP contribution in [0.3, 0.4) is 0 Å². The van der Waals surface area contributed by atoms with Crippen LogP contribution in [0.25, 0.3) is 0 Å². The van der Waals surface area contributed by atoms with E-state index < -0.39 is 0 Å². The van der Waals surface area contributed by atoms with E-state index in [0.717, 1.165) is 4.88 Å². The predicted molar refractivity (Wildman–Crippen MR) is 113 cm³/mol. The van der Waals surface area contributed by atoms with Gasteiger partial charge in [0.05, 0.1) is 13.2 Å². The van der Waals surface area contributed by atoms with Gasteiger partial charge in [-0.25, -0.2) is 0 Å². The number of oxime groups is 1. The first kappa shape index (κ1) is 21.6. The zero-order valence-electron chi connectivity index (χ0n) is 15.3. The lowest BCUT2D eigenvalue weighted by atomic mass is 10.1. The van der Waals surface area contributed by atoms with Crippen LogP contribution in [0.15, 0.2) is 53.5 Å². The highest BCUT2D eigenvalue weighted by Gasteiger charge is 2.17. The molecule has 2 aromatic rings. The van der Waals surface area contributed by atoms with Gasteiger partial charge in [0.15, 0.2) is 0 Å². The molecular formula is C19H23ClN4O3S. The number of nitrogens with two attached hydrogens (primary N) is 2. The smallest absolute Gasteiger partial charge is 0.254 e. The fourth-order valence-corrected chi connectivity index (χ4v) is 3.30. The van der Waals surface area contributed by atoms with E-state index >= 15 is 0 Å². The molecule has 0 saturated carbocycles. The summed E-state index contributed by atoms with van der Waals surface area (Å²) in [6.45, 7) is 5.34. The summed E-state index contributed by atoms with van der Waals surface area (Å²) < 4.78 is 5.67. The number of amides is 1. The Morgan fingerprint density at radius 2 is 2.14 bits per heavy atom. The first-order valence-electron chi connectivity index (χ1n) is 8.56. The lowest BCUT2D eigenvalue weighted by molar-refractivity contribution is 0.0763. The Bertz CT molecular complexity index is 808. The fourth-order valence-electron chi connectivity index (χ4n) is 2.35. The molecule has 7 nitrogen and oxygen atoms in total. The molecule has 0 aliphatic rings. The third kappa shape index (κ3) is 7.13. The number of carbonyl (C=O) groups excluding carboxylic acids is 1. The van der Waals surface area contributed by atoms with Gasteiger partial charge in [0.25, 0.3) is 5.91 Å². The molecule has 0 aliphatic heterocycles. The maximum absolute atomic E-state index is 13.0. The molecule has 0 radical (unpaired) electrons. The van der Waals surface area contributed by atoms with Gasteiger partial charge < -0.3 is 25.9 Å². The second kappa shape index (κ2) is 11.2. The molecule has 0 saturated heterocycles. The largest absolute Gasteiger partial charge is 0.493 e. The highest BCUT2D eigenvalue weighted by molar-refractivity contribution is 7.09. The van der Waals surface area contributed by atoms with Crippen LogP contribution in [0.5, 0.6) is 5.75 Å². The minimum Gasteiger partial charge on any atom is -0.493 e. The van der Waals surface area contributed by atoms with Crippen molar-refractivity contribution in [3.63, 3.8) is 0 Å². The molecule has 0 bridgehead atoms. The summed E-state index contributed by atoms with van der Waals surface area (Å²) in [4.78, 5) is 20.6. The van der Waals surface area contributed by atoms with Crippen molar-refractivity contribution in [3.8, 4) is 5.75 Å². The normalized spacial score (nSPS) is 10.2. The number of ether oxygens (including phenoxy) is 1. The molecule has 4 N–H and O–H groups in total. The molecule has 0 unspecified atom stereocenters. The van der Waals surface area contributed by atoms with Gasteiger partial charge in [-0.05, 0) is 34.8 Å². The monoisotopic (exact) mass is 422 g/mol. The lowest BCUT2D eigenvalue weighted by Gasteiger charge is -2.21. The minimum atomic E-state index is -0.142. The second-order valence-electron chi connectivity index (χ2n) is 5.78. The predicted octanol–water partition coefficient (Wildman–Crippen LogP) is 3.20. The fraction of sp³-hybridized carbons (Fsp3) is 0.263. The van der Waals surface area contributed by atoms with Crippen LogP contribution in [0.4, 0.5) is 0 Å². The number of benzene rings is 1. The molecule has 1 amide bonds. The van der Waals surface area contributed by atoms with Crippen molar-refractivity contribution >= 4 is 34.8 Å². The van der Waals surface area contributed by atoms with Crippen molar-refractivity contribution in [2.24, 2.45) is 16.6 Å². The first-order chi connectivity index (χ1) is 13.5. The SMILES string of the molecule is C=CCN(Cc1cccs1)C(=O)c1cc(Cl)cc(OCCCON=C(N)N)c1. The lowest BCUT2D eigenvalue weighted by Crippen LogP contribution is -2.30. The number of thiophene rings is 1. The summed E-state index contributed by atoms with van der Waals surface area (Å²) >= 11 is 7.78. The summed E-state index contributed by atoms with van der Waals surface area (Å²) in [7, 11) is 0. The van der Waals surface area contributed by atoms with Crippen LogP contribution in [0, 0.1) is 0 Å². The Morgan fingerprint density at radius 3 is 2.82 bits per heavy atom. The zero-order valence-corrected chi connectivity index (χ0v) is 16.9. The zero-order chi connectivity index (χ0) is 20.4. The van der Waals surface area contributed by atoms with Crippen LogP contribution in [0.1, 0.15) is 21.7 Å². The molecule has 1 heterocycles. The molecule has 28 heavy (non-hydrogen) atoms. The van der Waals surface area contributed by atoms with Gasteiger partial charge in [0.1, 0.15) is 12.4 Å². The summed E-state index contributed by atoms with van der Waals surface area (Å²) in [6.07, 6.45) is 2.26. The third-order valence-electron chi connectivity index (χ3n) is 3.50. The van der Waals surface area contributed by atoms with E-state index in [0.29, 0.717) is 49.1 Å². The molecule has 0 aliphatic carbocycles. The van der Waals surface area contributed by atoms with Gasteiger partial charge in [-0.2, -0.15) is 0 Å². The maximum atomic E-state index is 13.0. The van der Waals surface area contributed by atoms with Crippen molar-refractivity contribution < 1.29 is 14.4 Å². The molecule has 9 heteroatoms. The number of halogens is 1. The first-order valence-corrected chi connectivity index (χ1v) is 9.82. The van der Waals surface area contributed by atoms with E-state index in [4.69, 9.17) is 32.6 Å². The van der Waals surface area contributed by atoms with Crippen molar-refractivity contribution in [3.05, 3.63) is 63.8 Å². The molecule has 150 valence electrons. The molecule has 1 aromatic carbocycles. The second-order valence-corrected chi connectivity index (χ2v) is 7.25. The number of carbonyl (C=O) groups is 1. The molecule has 1 aromatic heterocycles. The standard InChI is InChI=1S/C19H23ClN4O3S/c1-2-6-24(13-17-5-3-9-28-17)18(25)14-10-15(20)12-16(11-14)26-7-4-8-27-23-19(21)22/h2-3,5,9-12H,1,4,6-8,13H2,(H4,21,22,23). The maximum Gasteiger partial charge on any atom is 0.254 e. The summed E-state index contributed by atoms with van der Waals surface area (Å²) in [5.74, 6) is 0.231. The Labute approximate surface area is 173 Å². The number of hydrogen-bond donors (Lipinski definition) is 2. The van der Waals surface area contributed by atoms with Gasteiger partial charge in [0, 0.05) is 28.4 Å². The number of rotatable bonds is 11. The van der Waals surface area contributed by atoms with Crippen LogP contribution < -0.4 is 16.2 Å². The number of hydrogen-bond acceptors (Lipinski definition) is 5. The van der Waals surface area contributed by atoms with Gasteiger partial charge in [-0.15, -0.1) is 17.9 Å². The van der Waals surface area contributed by atoms with E-state index in [1.807, 2.05) is 17.5 Å². The van der Waals surface area contributed by atoms with Crippen molar-refractivity contribution in [2.45, 2.75) is 13.0 Å². The summed E-state index contributed by atoms with van der Waals surface area (Å²) in [5, 5.41) is 5.83. The van der Waals surface area contributed by atoms with Crippen molar-refractivity contribution in [1.82, 2.24) is 4.90 Å². The van der Waals surface area contributed by atoms with Crippen LogP contribution in [-0.2, 0) is 11.4 Å². The van der Waals surface area contributed by atoms with Gasteiger partial charge >= 0.3 is 0 Å². The topological polar surface area (TPSA) is 103 Å². The highest BCUT2D eigenvalue weighted by atomic mass is 35.5. The van der Waals surface area contributed by atoms with Crippen molar-refractivity contribution in [1.29, 1.82) is 0 Å². The molecule has 0 fully saturated rings. The van der Waals surface area contributed by atoms with E-state index in [1.165, 1.54) is 0 Å². The van der Waals surface area contributed by atoms with E-state index in [-0.39, 0.29) is 11.9 Å². The average molecular weight is 423 g/mol. The average Bonchev–Trinajstić information content (AvgIpc) is 3.16. The van der Waals surface area contributed by atoms with E-state index in [9.17, 15) is 4.79 Å². The van der Waals surface area contributed by atoms with Crippen LogP contribution >= 0.6 is 22.9 Å². The summed E-state index contributed by atoms with van der Waals surface area (Å²) in [5.41, 5.74) is 10.8. The third-order valence-corrected chi connectivity index (χ3v) is 4.58. The van der Waals surface area contributed by atoms with Crippen LogP contribution in [-0.4, -0.2) is 36.5 Å². The van der Waals surface area contributed by atoms with Gasteiger partial charge in [-0.1, -0.05) is 23.7 Å². The highest BCUT2D eigenvalue weighted by Crippen LogP contribution is 2.23. The van der Waals surface area contributed by atoms with E-state index in [1.54, 1.807) is 40.5 Å². The van der Waals surface area contributed by atoms with Crippen molar-refractivity contribution in [2.75, 3.05) is 19.8 Å². The Kier molecular flexibility index (Phi) is 8.64. The Morgan fingerprint density at radius 1 is 1.32 bits per heavy atom. The molecule has 0 spiro atoms. The molecule has 0 atom stereocenters.